The van der Waals surface area contributed by atoms with Crippen molar-refractivity contribution in [2.24, 2.45) is 0 Å². The number of carbonyl (C=O) groups is 1. The molecule has 1 unspecified atom stereocenters. The minimum absolute atomic E-state index is 0.118. The largest absolute Gasteiger partial charge is 0.491 e. The maximum Gasteiger partial charge on any atom is 0.222 e. The van der Waals surface area contributed by atoms with Crippen LogP contribution < -0.4 is 15.4 Å². The van der Waals surface area contributed by atoms with E-state index in [1.165, 1.54) is 0 Å². The normalized spacial score (nSPS) is 19.1. The molecule has 20 heavy (non-hydrogen) atoms. The van der Waals surface area contributed by atoms with Crippen LogP contribution in [0.25, 0.3) is 0 Å². The fourth-order valence-corrected chi connectivity index (χ4v) is 2.25. The number of methoxy groups -OCH3 is 1. The van der Waals surface area contributed by atoms with Gasteiger partial charge in [-0.3, -0.25) is 4.79 Å². The Bertz CT molecular complexity index is 437. The summed E-state index contributed by atoms with van der Waals surface area (Å²) in [5, 5.41) is 6.30. The first kappa shape index (κ1) is 14.7. The molecule has 1 aliphatic rings. The Hall–Kier alpha value is -1.75. The third-order valence-corrected chi connectivity index (χ3v) is 3.24. The van der Waals surface area contributed by atoms with Gasteiger partial charge in [-0.25, -0.2) is 0 Å². The lowest BCUT2D eigenvalue weighted by Crippen LogP contribution is -2.26. The van der Waals surface area contributed by atoms with Crippen molar-refractivity contribution in [3.63, 3.8) is 0 Å². The van der Waals surface area contributed by atoms with Crippen molar-refractivity contribution in [3.05, 3.63) is 24.3 Å². The van der Waals surface area contributed by atoms with Crippen LogP contribution in [-0.2, 0) is 9.53 Å². The predicted molar refractivity (Wildman–Crippen MR) is 78.1 cm³/mol. The van der Waals surface area contributed by atoms with Crippen LogP contribution in [0.2, 0.25) is 0 Å². The van der Waals surface area contributed by atoms with Crippen LogP contribution in [0.1, 0.15) is 19.3 Å². The molecule has 1 atom stereocenters. The Morgan fingerprint density at radius 1 is 1.40 bits per heavy atom. The van der Waals surface area contributed by atoms with E-state index in [0.717, 1.165) is 30.8 Å². The zero-order valence-electron chi connectivity index (χ0n) is 11.9. The molecule has 0 aliphatic carbocycles. The van der Waals surface area contributed by atoms with Crippen LogP contribution >= 0.6 is 0 Å². The van der Waals surface area contributed by atoms with E-state index in [2.05, 4.69) is 10.6 Å². The third kappa shape index (κ3) is 4.74. The molecule has 0 spiro atoms. The highest BCUT2D eigenvalue weighted by atomic mass is 16.5. The summed E-state index contributed by atoms with van der Waals surface area (Å²) in [4.78, 5) is 11.5. The molecular formula is C15H22N2O3. The molecular weight excluding hydrogens is 256 g/mol. The molecule has 1 aromatic carbocycles. The lowest BCUT2D eigenvalue weighted by Gasteiger charge is -2.17. The predicted octanol–water partition coefficient (Wildman–Crippen LogP) is 1.79. The first-order valence-electron chi connectivity index (χ1n) is 7.03. The summed E-state index contributed by atoms with van der Waals surface area (Å²) in [6.45, 7) is 1.88. The second-order valence-corrected chi connectivity index (χ2v) is 4.91. The molecule has 0 saturated carbocycles. The number of ether oxygens (including phenoxy) is 2. The van der Waals surface area contributed by atoms with Crippen LogP contribution in [0.3, 0.4) is 0 Å². The number of hydrogen-bond donors (Lipinski definition) is 2. The second kappa shape index (κ2) is 7.75. The number of benzene rings is 1. The van der Waals surface area contributed by atoms with Gasteiger partial charge in [0.2, 0.25) is 5.91 Å². The molecule has 1 amide bonds. The topological polar surface area (TPSA) is 59.6 Å². The number of rotatable bonds is 6. The monoisotopic (exact) mass is 278 g/mol. The average molecular weight is 278 g/mol. The highest BCUT2D eigenvalue weighted by Gasteiger charge is 2.17. The van der Waals surface area contributed by atoms with Gasteiger partial charge in [0.1, 0.15) is 12.4 Å². The molecule has 1 saturated heterocycles. The van der Waals surface area contributed by atoms with Gasteiger partial charge in [-0.15, -0.1) is 0 Å². The lowest BCUT2D eigenvalue weighted by molar-refractivity contribution is -0.120. The first-order chi connectivity index (χ1) is 9.78. The van der Waals surface area contributed by atoms with Gasteiger partial charge in [-0.05, 0) is 25.0 Å². The van der Waals surface area contributed by atoms with Crippen molar-refractivity contribution in [2.75, 3.05) is 32.2 Å². The third-order valence-electron chi connectivity index (χ3n) is 3.24. The number of nitrogens with one attached hydrogen (secondary N) is 2. The fourth-order valence-electron chi connectivity index (χ4n) is 2.25. The van der Waals surface area contributed by atoms with E-state index in [-0.39, 0.29) is 11.9 Å². The number of anilines is 1. The van der Waals surface area contributed by atoms with E-state index in [4.69, 9.17) is 9.47 Å². The molecule has 1 fully saturated rings. The Morgan fingerprint density at radius 3 is 3.15 bits per heavy atom. The van der Waals surface area contributed by atoms with Crippen molar-refractivity contribution < 1.29 is 14.3 Å². The summed E-state index contributed by atoms with van der Waals surface area (Å²) >= 11 is 0. The smallest absolute Gasteiger partial charge is 0.222 e. The summed E-state index contributed by atoms with van der Waals surface area (Å²) in [7, 11) is 1.65. The van der Waals surface area contributed by atoms with Gasteiger partial charge in [0, 0.05) is 37.9 Å². The Morgan fingerprint density at radius 2 is 2.30 bits per heavy atom. The molecule has 2 N–H and O–H groups in total. The first-order valence-corrected chi connectivity index (χ1v) is 7.03. The van der Waals surface area contributed by atoms with Crippen molar-refractivity contribution in [2.45, 2.75) is 25.3 Å². The number of carbonyl (C=O) groups excluding carboxylic acids is 1. The van der Waals surface area contributed by atoms with Crippen LogP contribution in [0, 0.1) is 0 Å². The molecule has 0 radical (unpaired) electrons. The maximum atomic E-state index is 11.5. The maximum absolute atomic E-state index is 11.5. The van der Waals surface area contributed by atoms with E-state index in [9.17, 15) is 4.79 Å². The van der Waals surface area contributed by atoms with Crippen LogP contribution in [-0.4, -0.2) is 38.8 Å². The Kier molecular flexibility index (Phi) is 5.68. The van der Waals surface area contributed by atoms with Crippen molar-refractivity contribution >= 4 is 11.6 Å². The van der Waals surface area contributed by atoms with Gasteiger partial charge < -0.3 is 20.1 Å². The van der Waals surface area contributed by atoms with Gasteiger partial charge in [0.15, 0.2) is 0 Å². The van der Waals surface area contributed by atoms with E-state index < -0.39 is 0 Å². The summed E-state index contributed by atoms with van der Waals surface area (Å²) in [5.74, 6) is 0.928. The molecule has 0 aromatic heterocycles. The van der Waals surface area contributed by atoms with Gasteiger partial charge in [-0.1, -0.05) is 6.07 Å². The molecule has 1 aliphatic heterocycles. The molecule has 5 heteroatoms. The number of hydrogen-bond acceptors (Lipinski definition) is 4. The molecule has 1 heterocycles. The van der Waals surface area contributed by atoms with E-state index in [1.54, 1.807) is 7.11 Å². The molecule has 5 nitrogen and oxygen atoms in total. The zero-order chi connectivity index (χ0) is 14.2. The standard InChI is InChI=1S/C15H22N2O3/c1-19-8-9-20-14-6-2-4-12(10-14)17-13-5-3-7-16-15(18)11-13/h2,4,6,10,13,17H,3,5,7-9,11H2,1H3,(H,16,18). The summed E-state index contributed by atoms with van der Waals surface area (Å²) in [5.41, 5.74) is 0.986. The quantitative estimate of drug-likeness (QED) is 0.779. The van der Waals surface area contributed by atoms with E-state index >= 15 is 0 Å². The molecule has 1 aromatic rings. The van der Waals surface area contributed by atoms with E-state index in [1.807, 2.05) is 24.3 Å². The summed E-state index contributed by atoms with van der Waals surface area (Å²) in [6.07, 6.45) is 2.52. The Balaban J connectivity index is 1.91. The summed E-state index contributed by atoms with van der Waals surface area (Å²) < 4.78 is 10.5. The fraction of sp³-hybridized carbons (Fsp3) is 0.533. The average Bonchev–Trinajstić information content (AvgIpc) is 2.64. The number of amides is 1. The highest BCUT2D eigenvalue weighted by molar-refractivity contribution is 5.77. The molecule has 110 valence electrons. The van der Waals surface area contributed by atoms with Crippen LogP contribution in [0.4, 0.5) is 5.69 Å². The van der Waals surface area contributed by atoms with Gasteiger partial charge >= 0.3 is 0 Å². The minimum atomic E-state index is 0.118. The summed E-state index contributed by atoms with van der Waals surface area (Å²) in [6, 6.07) is 8.00. The van der Waals surface area contributed by atoms with Gasteiger partial charge in [-0.2, -0.15) is 0 Å². The van der Waals surface area contributed by atoms with Crippen LogP contribution in [0.5, 0.6) is 5.75 Å². The molecule has 2 rings (SSSR count). The zero-order valence-corrected chi connectivity index (χ0v) is 11.9. The lowest BCUT2D eigenvalue weighted by atomic mass is 10.1. The molecule has 0 bridgehead atoms. The van der Waals surface area contributed by atoms with Crippen molar-refractivity contribution in [1.29, 1.82) is 0 Å². The van der Waals surface area contributed by atoms with Crippen molar-refractivity contribution in [3.8, 4) is 5.75 Å². The van der Waals surface area contributed by atoms with Crippen LogP contribution in [0.15, 0.2) is 24.3 Å². The van der Waals surface area contributed by atoms with Crippen molar-refractivity contribution in [1.82, 2.24) is 5.32 Å². The second-order valence-electron chi connectivity index (χ2n) is 4.91. The SMILES string of the molecule is COCCOc1cccc(NC2CCCNC(=O)C2)c1. The highest BCUT2D eigenvalue weighted by Crippen LogP contribution is 2.20. The van der Waals surface area contributed by atoms with Gasteiger partial charge in [0.25, 0.3) is 0 Å². The minimum Gasteiger partial charge on any atom is -0.491 e. The van der Waals surface area contributed by atoms with Gasteiger partial charge in [0.05, 0.1) is 6.61 Å². The Labute approximate surface area is 119 Å². The van der Waals surface area contributed by atoms with E-state index in [0.29, 0.717) is 19.6 Å².